The molecule has 0 saturated heterocycles. The summed E-state index contributed by atoms with van der Waals surface area (Å²) >= 11 is 0. The number of nitrogens with two attached hydrogens (primary N) is 1. The number of benzene rings is 1. The van der Waals surface area contributed by atoms with Crippen LogP contribution in [0.1, 0.15) is 11.1 Å². The molecule has 0 amide bonds. The fourth-order valence-electron chi connectivity index (χ4n) is 1.94. The number of rotatable bonds is 7. The predicted molar refractivity (Wildman–Crippen MR) is 84.6 cm³/mol. The molecular formula is C15H19N3O2S. The van der Waals surface area contributed by atoms with E-state index in [9.17, 15) is 8.42 Å². The molecule has 2 rings (SSSR count). The van der Waals surface area contributed by atoms with E-state index in [0.717, 1.165) is 17.5 Å². The van der Waals surface area contributed by atoms with Crippen molar-refractivity contribution in [2.24, 2.45) is 5.73 Å². The zero-order valence-electron chi connectivity index (χ0n) is 11.7. The van der Waals surface area contributed by atoms with Crippen molar-refractivity contribution in [1.29, 1.82) is 0 Å². The van der Waals surface area contributed by atoms with Crippen molar-refractivity contribution in [1.82, 2.24) is 4.98 Å². The Hall–Kier alpha value is -1.92. The summed E-state index contributed by atoms with van der Waals surface area (Å²) in [6, 6.07) is 10.9. The van der Waals surface area contributed by atoms with Gasteiger partial charge in [0.1, 0.15) is 0 Å². The highest BCUT2D eigenvalue weighted by molar-refractivity contribution is 7.92. The lowest BCUT2D eigenvalue weighted by Gasteiger charge is -2.08. The molecule has 0 aliphatic rings. The molecule has 0 spiro atoms. The van der Waals surface area contributed by atoms with Crippen LogP contribution in [0.4, 0.5) is 5.69 Å². The van der Waals surface area contributed by atoms with Crippen molar-refractivity contribution >= 4 is 15.7 Å². The average Bonchev–Trinajstić information content (AvgIpc) is 2.48. The highest BCUT2D eigenvalue weighted by Crippen LogP contribution is 2.12. The van der Waals surface area contributed by atoms with E-state index in [4.69, 9.17) is 5.73 Å². The minimum absolute atomic E-state index is 0.0432. The molecule has 0 unspecified atom stereocenters. The predicted octanol–water partition coefficient (Wildman–Crippen LogP) is 1.57. The Bertz CT molecular complexity index is 655. The van der Waals surface area contributed by atoms with Crippen LogP contribution in [0, 0.1) is 0 Å². The second-order valence-electron chi connectivity index (χ2n) is 4.76. The van der Waals surface area contributed by atoms with Crippen LogP contribution in [-0.2, 0) is 22.9 Å². The summed E-state index contributed by atoms with van der Waals surface area (Å²) in [6.45, 7) is 0.580. The van der Waals surface area contributed by atoms with Crippen molar-refractivity contribution < 1.29 is 8.42 Å². The molecule has 5 nitrogen and oxygen atoms in total. The van der Waals surface area contributed by atoms with Gasteiger partial charge < -0.3 is 5.73 Å². The third kappa shape index (κ3) is 5.17. The number of hydrogen-bond donors (Lipinski definition) is 2. The normalized spacial score (nSPS) is 11.3. The molecule has 0 bridgehead atoms. The third-order valence-corrected chi connectivity index (χ3v) is 4.36. The molecule has 1 heterocycles. The van der Waals surface area contributed by atoms with Gasteiger partial charge in [0, 0.05) is 18.1 Å². The Morgan fingerprint density at radius 2 is 1.57 bits per heavy atom. The number of aromatic nitrogens is 1. The van der Waals surface area contributed by atoms with Gasteiger partial charge in [-0.1, -0.05) is 12.1 Å². The van der Waals surface area contributed by atoms with E-state index in [1.807, 2.05) is 24.3 Å². The topological polar surface area (TPSA) is 85.1 Å². The van der Waals surface area contributed by atoms with E-state index in [2.05, 4.69) is 9.71 Å². The summed E-state index contributed by atoms with van der Waals surface area (Å²) < 4.78 is 26.7. The maximum atomic E-state index is 12.0. The van der Waals surface area contributed by atoms with Crippen molar-refractivity contribution in [2.75, 3.05) is 17.0 Å². The molecule has 1 aromatic carbocycles. The molecule has 3 N–H and O–H groups in total. The van der Waals surface area contributed by atoms with E-state index in [1.165, 1.54) is 0 Å². The number of nitrogens with one attached hydrogen (secondary N) is 1. The minimum atomic E-state index is -3.35. The van der Waals surface area contributed by atoms with Crippen LogP contribution in [0.2, 0.25) is 0 Å². The highest BCUT2D eigenvalue weighted by Gasteiger charge is 2.10. The van der Waals surface area contributed by atoms with E-state index in [-0.39, 0.29) is 5.75 Å². The summed E-state index contributed by atoms with van der Waals surface area (Å²) in [7, 11) is -3.35. The number of anilines is 1. The van der Waals surface area contributed by atoms with E-state index >= 15 is 0 Å². The summed E-state index contributed by atoms with van der Waals surface area (Å²) in [4.78, 5) is 3.91. The van der Waals surface area contributed by atoms with Crippen molar-refractivity contribution in [3.63, 3.8) is 0 Å². The molecule has 0 atom stereocenters. The molecule has 0 aliphatic heterocycles. The number of pyridine rings is 1. The van der Waals surface area contributed by atoms with Gasteiger partial charge in [0.25, 0.3) is 0 Å². The van der Waals surface area contributed by atoms with Crippen molar-refractivity contribution in [3.8, 4) is 0 Å². The van der Waals surface area contributed by atoms with Crippen LogP contribution in [-0.4, -0.2) is 25.7 Å². The SMILES string of the molecule is NCCc1ccc(NS(=O)(=O)CCc2ccncc2)cc1. The monoisotopic (exact) mass is 305 g/mol. The molecule has 2 aromatic rings. The van der Waals surface area contributed by atoms with Crippen molar-refractivity contribution in [2.45, 2.75) is 12.8 Å². The Labute approximate surface area is 125 Å². The molecule has 1 aromatic heterocycles. The van der Waals surface area contributed by atoms with Crippen LogP contribution >= 0.6 is 0 Å². The Kier molecular flexibility index (Phi) is 5.30. The third-order valence-electron chi connectivity index (χ3n) is 3.07. The highest BCUT2D eigenvalue weighted by atomic mass is 32.2. The van der Waals surface area contributed by atoms with E-state index < -0.39 is 10.0 Å². The van der Waals surface area contributed by atoms with Gasteiger partial charge >= 0.3 is 0 Å². The first-order valence-corrected chi connectivity index (χ1v) is 8.43. The van der Waals surface area contributed by atoms with Gasteiger partial charge in [0.15, 0.2) is 0 Å². The first-order valence-electron chi connectivity index (χ1n) is 6.77. The lowest BCUT2D eigenvalue weighted by atomic mass is 10.1. The van der Waals surface area contributed by atoms with Gasteiger partial charge in [-0.25, -0.2) is 8.42 Å². The largest absolute Gasteiger partial charge is 0.330 e. The average molecular weight is 305 g/mol. The van der Waals surface area contributed by atoms with Crippen LogP contribution in [0.15, 0.2) is 48.8 Å². The number of aryl methyl sites for hydroxylation is 1. The van der Waals surface area contributed by atoms with Gasteiger partial charge in [0.05, 0.1) is 5.75 Å². The fraction of sp³-hybridized carbons (Fsp3) is 0.267. The fourth-order valence-corrected chi connectivity index (χ4v) is 3.04. The molecule has 0 fully saturated rings. The molecule has 0 aliphatic carbocycles. The van der Waals surface area contributed by atoms with Gasteiger partial charge in [-0.15, -0.1) is 0 Å². The molecule has 6 heteroatoms. The quantitative estimate of drug-likeness (QED) is 0.813. The van der Waals surface area contributed by atoms with Crippen LogP contribution < -0.4 is 10.5 Å². The number of nitrogens with zero attached hydrogens (tertiary/aromatic N) is 1. The first-order chi connectivity index (χ1) is 10.1. The van der Waals surface area contributed by atoms with E-state index in [1.54, 1.807) is 24.5 Å². The summed E-state index contributed by atoms with van der Waals surface area (Å²) in [5, 5.41) is 0. The summed E-state index contributed by atoms with van der Waals surface area (Å²) in [6.07, 6.45) is 4.56. The maximum Gasteiger partial charge on any atom is 0.233 e. The maximum absolute atomic E-state index is 12.0. The summed E-state index contributed by atoms with van der Waals surface area (Å²) in [5.74, 6) is 0.0432. The van der Waals surface area contributed by atoms with Crippen LogP contribution in [0.5, 0.6) is 0 Å². The lowest BCUT2D eigenvalue weighted by molar-refractivity contribution is 0.600. The summed E-state index contributed by atoms with van der Waals surface area (Å²) in [5.41, 5.74) is 8.10. The molecule has 0 radical (unpaired) electrons. The van der Waals surface area contributed by atoms with Crippen LogP contribution in [0.3, 0.4) is 0 Å². The molecule has 0 saturated carbocycles. The number of hydrogen-bond acceptors (Lipinski definition) is 4. The molecular weight excluding hydrogens is 286 g/mol. The number of sulfonamides is 1. The zero-order valence-corrected chi connectivity index (χ0v) is 12.5. The lowest BCUT2D eigenvalue weighted by Crippen LogP contribution is -2.18. The molecule has 21 heavy (non-hydrogen) atoms. The van der Waals surface area contributed by atoms with Gasteiger partial charge in [0.2, 0.25) is 10.0 Å². The second kappa shape index (κ2) is 7.19. The second-order valence-corrected chi connectivity index (χ2v) is 6.60. The smallest absolute Gasteiger partial charge is 0.233 e. The Morgan fingerprint density at radius 3 is 2.19 bits per heavy atom. The van der Waals surface area contributed by atoms with Gasteiger partial charge in [-0.05, 0) is 54.8 Å². The Morgan fingerprint density at radius 1 is 0.952 bits per heavy atom. The molecule has 112 valence electrons. The standard InChI is InChI=1S/C15H19N3O2S/c16-9-5-13-1-3-15(4-2-13)18-21(19,20)12-8-14-6-10-17-11-7-14/h1-4,6-7,10-11,18H,5,8-9,12,16H2. The van der Waals surface area contributed by atoms with Gasteiger partial charge in [-0.2, -0.15) is 0 Å². The van der Waals surface area contributed by atoms with Gasteiger partial charge in [-0.3, -0.25) is 9.71 Å². The Balaban J connectivity index is 1.94. The van der Waals surface area contributed by atoms with Crippen molar-refractivity contribution in [3.05, 3.63) is 59.9 Å². The first kappa shape index (κ1) is 15.5. The zero-order chi connectivity index (χ0) is 15.1. The van der Waals surface area contributed by atoms with Crippen LogP contribution in [0.25, 0.3) is 0 Å². The minimum Gasteiger partial charge on any atom is -0.330 e. The van der Waals surface area contributed by atoms with E-state index in [0.29, 0.717) is 18.7 Å².